The average Bonchev–Trinajstić information content (AvgIpc) is 2.46. The van der Waals surface area contributed by atoms with E-state index in [-0.39, 0.29) is 25.3 Å². The number of carbonyl (C=O) groups is 1. The molecule has 22 heavy (non-hydrogen) atoms. The monoisotopic (exact) mass is 319 g/mol. The predicted octanol–water partition coefficient (Wildman–Crippen LogP) is 3.53. The van der Waals surface area contributed by atoms with E-state index < -0.39 is 18.3 Å². The van der Waals surface area contributed by atoms with Crippen LogP contribution in [0.5, 0.6) is 0 Å². The highest BCUT2D eigenvalue weighted by atomic mass is 19.4. The minimum Gasteiger partial charge on any atom is -0.449 e. The van der Waals surface area contributed by atoms with Crippen LogP contribution in [0.4, 0.5) is 23.7 Å². The van der Waals surface area contributed by atoms with Crippen molar-refractivity contribution in [3.05, 3.63) is 29.8 Å². The number of nitrogens with zero attached hydrogens (tertiary/aromatic N) is 1. The first-order chi connectivity index (χ1) is 10.4. The summed E-state index contributed by atoms with van der Waals surface area (Å²) >= 11 is 0. The van der Waals surface area contributed by atoms with Gasteiger partial charge in [0, 0.05) is 6.61 Å². The maximum Gasteiger partial charge on any atom is 0.414 e. The summed E-state index contributed by atoms with van der Waals surface area (Å²) in [6, 6.07) is 4.79. The number of ether oxygens (including phenoxy) is 1. The lowest BCUT2D eigenvalue weighted by Gasteiger charge is -2.37. The van der Waals surface area contributed by atoms with E-state index in [0.29, 0.717) is 6.42 Å². The van der Waals surface area contributed by atoms with Crippen molar-refractivity contribution in [2.24, 2.45) is 0 Å². The summed E-state index contributed by atoms with van der Waals surface area (Å²) in [7, 11) is 0. The molecule has 1 aliphatic heterocycles. The molecule has 1 unspecified atom stereocenters. The summed E-state index contributed by atoms with van der Waals surface area (Å²) in [5.74, 6) is 0. The Morgan fingerprint density at radius 1 is 1.36 bits per heavy atom. The van der Waals surface area contributed by atoms with Crippen LogP contribution < -0.4 is 4.90 Å². The standard InChI is InChI=1S/C13H14F3NO2.C2H6O/c1-2-19-12(18)17-10-6-4-3-5-9(10)7-8-11(17)13(14,15)16;1-2-3/h3-6,11H,2,7-8H2,1H3;3H,2H2,1H3. The van der Waals surface area contributed by atoms with Gasteiger partial charge in [-0.3, -0.25) is 4.90 Å². The Balaban J connectivity index is 0.000000745. The molecule has 0 bridgehead atoms. The molecule has 0 aliphatic carbocycles. The highest BCUT2D eigenvalue weighted by molar-refractivity contribution is 5.90. The van der Waals surface area contributed by atoms with Gasteiger partial charge in [0.2, 0.25) is 0 Å². The van der Waals surface area contributed by atoms with Gasteiger partial charge in [-0.05, 0) is 38.3 Å². The zero-order chi connectivity index (χ0) is 16.8. The number of para-hydroxylation sites is 1. The van der Waals surface area contributed by atoms with Gasteiger partial charge < -0.3 is 9.84 Å². The Labute approximate surface area is 127 Å². The summed E-state index contributed by atoms with van der Waals surface area (Å²) in [5.41, 5.74) is 1.02. The van der Waals surface area contributed by atoms with Crippen LogP contribution in [-0.2, 0) is 11.2 Å². The van der Waals surface area contributed by atoms with E-state index in [1.54, 1.807) is 32.0 Å². The Kier molecular flexibility index (Phi) is 6.67. The van der Waals surface area contributed by atoms with Gasteiger partial charge in [0.15, 0.2) is 0 Å². The predicted molar refractivity (Wildman–Crippen MR) is 76.9 cm³/mol. The molecule has 0 fully saturated rings. The quantitative estimate of drug-likeness (QED) is 0.861. The number of aliphatic hydroxyl groups is 1. The number of fused-ring (bicyclic) bond motifs is 1. The van der Waals surface area contributed by atoms with Gasteiger partial charge in [-0.1, -0.05) is 18.2 Å². The van der Waals surface area contributed by atoms with Crippen LogP contribution >= 0.6 is 0 Å². The lowest BCUT2D eigenvalue weighted by Crippen LogP contribution is -2.51. The molecule has 7 heteroatoms. The maximum absolute atomic E-state index is 13.0. The van der Waals surface area contributed by atoms with Crippen LogP contribution in [0, 0.1) is 0 Å². The van der Waals surface area contributed by atoms with Gasteiger partial charge in [-0.2, -0.15) is 13.2 Å². The molecule has 0 aromatic heterocycles. The molecule has 1 aliphatic rings. The molecular weight excluding hydrogens is 299 g/mol. The molecule has 0 spiro atoms. The number of hydrogen-bond donors (Lipinski definition) is 1. The first-order valence-electron chi connectivity index (χ1n) is 7.08. The van der Waals surface area contributed by atoms with Crippen LogP contribution in [-0.4, -0.2) is 36.6 Å². The first kappa shape index (κ1) is 18.3. The largest absolute Gasteiger partial charge is 0.449 e. The Hall–Kier alpha value is -1.76. The van der Waals surface area contributed by atoms with Crippen molar-refractivity contribution < 1.29 is 27.8 Å². The Morgan fingerprint density at radius 3 is 2.50 bits per heavy atom. The molecule has 0 radical (unpaired) electrons. The number of benzene rings is 1. The van der Waals surface area contributed by atoms with E-state index >= 15 is 0 Å². The van der Waals surface area contributed by atoms with Crippen molar-refractivity contribution in [2.75, 3.05) is 18.1 Å². The summed E-state index contributed by atoms with van der Waals surface area (Å²) in [6.07, 6.45) is -5.24. The van der Waals surface area contributed by atoms with E-state index in [1.807, 2.05) is 0 Å². The van der Waals surface area contributed by atoms with Crippen molar-refractivity contribution in [1.82, 2.24) is 0 Å². The van der Waals surface area contributed by atoms with Crippen LogP contribution in [0.15, 0.2) is 24.3 Å². The van der Waals surface area contributed by atoms with E-state index in [0.717, 1.165) is 10.5 Å². The molecule has 0 saturated carbocycles. The van der Waals surface area contributed by atoms with Crippen LogP contribution in [0.3, 0.4) is 0 Å². The van der Waals surface area contributed by atoms with Crippen molar-refractivity contribution in [1.29, 1.82) is 0 Å². The van der Waals surface area contributed by atoms with Crippen LogP contribution in [0.2, 0.25) is 0 Å². The number of hydrogen-bond acceptors (Lipinski definition) is 3. The summed E-state index contributed by atoms with van der Waals surface area (Å²) < 4.78 is 43.9. The van der Waals surface area contributed by atoms with Crippen molar-refractivity contribution in [2.45, 2.75) is 38.9 Å². The third-order valence-electron chi connectivity index (χ3n) is 3.09. The molecule has 1 N–H and O–H groups in total. The van der Waals surface area contributed by atoms with Crippen molar-refractivity contribution in [3.8, 4) is 0 Å². The summed E-state index contributed by atoms with van der Waals surface area (Å²) in [6.45, 7) is 3.54. The Bertz CT molecular complexity index is 491. The second kappa shape index (κ2) is 8.03. The number of rotatable bonds is 1. The number of anilines is 1. The van der Waals surface area contributed by atoms with Crippen LogP contribution in [0.1, 0.15) is 25.8 Å². The smallest absolute Gasteiger partial charge is 0.414 e. The molecule has 2 rings (SSSR count). The van der Waals surface area contributed by atoms with E-state index in [4.69, 9.17) is 9.84 Å². The minimum atomic E-state index is -4.46. The lowest BCUT2D eigenvalue weighted by atomic mass is 9.96. The van der Waals surface area contributed by atoms with Gasteiger partial charge in [0.25, 0.3) is 0 Å². The number of carbonyl (C=O) groups excluding carboxylic acids is 1. The van der Waals surface area contributed by atoms with E-state index in [9.17, 15) is 18.0 Å². The normalized spacial score (nSPS) is 17.2. The second-order valence-corrected chi connectivity index (χ2v) is 4.61. The molecular formula is C15H20F3NO3. The first-order valence-corrected chi connectivity index (χ1v) is 7.08. The number of halogens is 3. The van der Waals surface area contributed by atoms with E-state index in [1.165, 1.54) is 6.07 Å². The zero-order valence-electron chi connectivity index (χ0n) is 12.6. The fourth-order valence-electron chi connectivity index (χ4n) is 2.28. The number of aliphatic hydroxyl groups excluding tert-OH is 1. The van der Waals surface area contributed by atoms with Crippen molar-refractivity contribution in [3.63, 3.8) is 0 Å². The third kappa shape index (κ3) is 4.37. The van der Waals surface area contributed by atoms with Gasteiger partial charge in [0.05, 0.1) is 12.3 Å². The van der Waals surface area contributed by atoms with Gasteiger partial charge in [-0.15, -0.1) is 0 Å². The fraction of sp³-hybridized carbons (Fsp3) is 0.533. The molecule has 1 amide bonds. The molecule has 1 aromatic rings. The van der Waals surface area contributed by atoms with Gasteiger partial charge >= 0.3 is 12.3 Å². The second-order valence-electron chi connectivity index (χ2n) is 4.61. The fourth-order valence-corrected chi connectivity index (χ4v) is 2.28. The molecule has 1 atom stereocenters. The number of amides is 1. The highest BCUT2D eigenvalue weighted by Gasteiger charge is 2.48. The molecule has 124 valence electrons. The number of aryl methyl sites for hydroxylation is 1. The molecule has 1 aromatic carbocycles. The van der Waals surface area contributed by atoms with E-state index in [2.05, 4.69) is 0 Å². The molecule has 1 heterocycles. The van der Waals surface area contributed by atoms with Gasteiger partial charge in [0.1, 0.15) is 6.04 Å². The summed E-state index contributed by atoms with van der Waals surface area (Å²) in [5, 5.41) is 7.57. The van der Waals surface area contributed by atoms with Gasteiger partial charge in [-0.25, -0.2) is 4.79 Å². The lowest BCUT2D eigenvalue weighted by molar-refractivity contribution is -0.150. The summed E-state index contributed by atoms with van der Waals surface area (Å²) in [4.78, 5) is 12.5. The molecule has 0 saturated heterocycles. The third-order valence-corrected chi connectivity index (χ3v) is 3.09. The van der Waals surface area contributed by atoms with Crippen molar-refractivity contribution >= 4 is 11.8 Å². The maximum atomic E-state index is 13.0. The minimum absolute atomic E-state index is 0.0437. The topological polar surface area (TPSA) is 49.8 Å². The van der Waals surface area contributed by atoms with Crippen LogP contribution in [0.25, 0.3) is 0 Å². The average molecular weight is 319 g/mol. The zero-order valence-corrected chi connectivity index (χ0v) is 12.6. The highest BCUT2D eigenvalue weighted by Crippen LogP contribution is 2.38. The number of alkyl halides is 3. The SMILES string of the molecule is CCO.CCOC(=O)N1c2ccccc2CCC1C(F)(F)F. The molecule has 4 nitrogen and oxygen atoms in total. The Morgan fingerprint density at radius 2 is 1.95 bits per heavy atom.